The van der Waals surface area contributed by atoms with Gasteiger partial charge in [0.2, 0.25) is 0 Å². The van der Waals surface area contributed by atoms with E-state index in [1.807, 2.05) is 48.2 Å². The van der Waals surface area contributed by atoms with Crippen LogP contribution in [0.5, 0.6) is 5.75 Å². The van der Waals surface area contributed by atoms with Crippen LogP contribution in [-0.2, 0) is 7.05 Å². The summed E-state index contributed by atoms with van der Waals surface area (Å²) in [5, 5.41) is 2.05. The highest BCUT2D eigenvalue weighted by molar-refractivity contribution is 7.13. The summed E-state index contributed by atoms with van der Waals surface area (Å²) in [6, 6.07) is 15.3. The Labute approximate surface area is 174 Å². The monoisotopic (exact) mass is 408 g/mol. The number of carbonyl (C=O) groups excluding carboxylic acids is 1. The number of piperidine rings is 1. The Bertz CT molecular complexity index is 1050. The second-order valence-electron chi connectivity index (χ2n) is 7.39. The van der Waals surface area contributed by atoms with Crippen molar-refractivity contribution in [2.45, 2.75) is 25.9 Å². The maximum Gasteiger partial charge on any atom is 0.254 e. The van der Waals surface area contributed by atoms with E-state index in [9.17, 15) is 9.59 Å². The summed E-state index contributed by atoms with van der Waals surface area (Å²) in [5.74, 6) is 0.671. The van der Waals surface area contributed by atoms with Crippen LogP contribution in [0.15, 0.2) is 58.7 Å². The Kier molecular flexibility index (Phi) is 5.53. The minimum atomic E-state index is -0.0707. The Morgan fingerprint density at radius 3 is 2.45 bits per heavy atom. The SMILES string of the molecule is Cc1cc(OC2CCN(C(=O)c3ccc(-c4cccs4)cc3)CC2)cc(=O)n1C. The number of nitrogens with zero attached hydrogens (tertiary/aromatic N) is 2. The number of rotatable bonds is 4. The predicted octanol–water partition coefficient (Wildman–Crippen LogP) is 4.11. The Hall–Kier alpha value is -2.86. The number of carbonyl (C=O) groups is 1. The first kappa shape index (κ1) is 19.5. The molecule has 4 rings (SSSR count). The van der Waals surface area contributed by atoms with Crippen LogP contribution in [0.1, 0.15) is 28.9 Å². The lowest BCUT2D eigenvalue weighted by Crippen LogP contribution is -2.41. The van der Waals surface area contributed by atoms with Crippen molar-refractivity contribution in [1.29, 1.82) is 0 Å². The fourth-order valence-corrected chi connectivity index (χ4v) is 4.31. The number of thiophene rings is 1. The second-order valence-corrected chi connectivity index (χ2v) is 8.34. The van der Waals surface area contributed by atoms with E-state index in [4.69, 9.17) is 4.74 Å². The molecule has 6 heteroatoms. The maximum absolute atomic E-state index is 12.8. The normalized spacial score (nSPS) is 14.8. The fraction of sp³-hybridized carbons (Fsp3) is 0.304. The number of aryl methyl sites for hydroxylation is 1. The van der Waals surface area contributed by atoms with Crippen molar-refractivity contribution >= 4 is 17.2 Å². The smallest absolute Gasteiger partial charge is 0.254 e. The van der Waals surface area contributed by atoms with E-state index in [1.54, 1.807) is 23.0 Å². The Balaban J connectivity index is 1.35. The van der Waals surface area contributed by atoms with Crippen LogP contribution in [0.2, 0.25) is 0 Å². The summed E-state index contributed by atoms with van der Waals surface area (Å²) < 4.78 is 7.61. The van der Waals surface area contributed by atoms with Gasteiger partial charge < -0.3 is 14.2 Å². The molecule has 1 aliphatic rings. The average molecular weight is 409 g/mol. The molecule has 3 aromatic rings. The molecule has 0 atom stereocenters. The van der Waals surface area contributed by atoms with Crippen LogP contribution in [0.3, 0.4) is 0 Å². The minimum absolute atomic E-state index is 0.0201. The molecule has 0 bridgehead atoms. The van der Waals surface area contributed by atoms with Gasteiger partial charge in [0.1, 0.15) is 11.9 Å². The van der Waals surface area contributed by atoms with Crippen molar-refractivity contribution in [2.75, 3.05) is 13.1 Å². The van der Waals surface area contributed by atoms with Gasteiger partial charge in [-0.1, -0.05) is 18.2 Å². The number of aromatic nitrogens is 1. The second kappa shape index (κ2) is 8.25. The van der Waals surface area contributed by atoms with Gasteiger partial charge in [0.05, 0.1) is 0 Å². The van der Waals surface area contributed by atoms with Crippen LogP contribution in [-0.4, -0.2) is 34.6 Å². The predicted molar refractivity (Wildman–Crippen MR) is 116 cm³/mol. The number of amides is 1. The summed E-state index contributed by atoms with van der Waals surface area (Å²) in [7, 11) is 1.75. The first-order valence-corrected chi connectivity index (χ1v) is 10.7. The van der Waals surface area contributed by atoms with E-state index >= 15 is 0 Å². The van der Waals surface area contributed by atoms with Crippen LogP contribution < -0.4 is 10.3 Å². The molecule has 1 aromatic carbocycles. The molecule has 0 aliphatic carbocycles. The topological polar surface area (TPSA) is 51.5 Å². The third-order valence-corrected chi connectivity index (χ3v) is 6.36. The van der Waals surface area contributed by atoms with Gasteiger partial charge in [-0.25, -0.2) is 0 Å². The highest BCUT2D eigenvalue weighted by Crippen LogP contribution is 2.25. The summed E-state index contributed by atoms with van der Waals surface area (Å²) in [6.07, 6.45) is 1.53. The van der Waals surface area contributed by atoms with E-state index in [1.165, 1.54) is 10.9 Å². The zero-order chi connectivity index (χ0) is 20.4. The highest BCUT2D eigenvalue weighted by Gasteiger charge is 2.25. The number of benzene rings is 1. The first-order chi connectivity index (χ1) is 14.0. The van der Waals surface area contributed by atoms with Crippen molar-refractivity contribution < 1.29 is 9.53 Å². The lowest BCUT2D eigenvalue weighted by atomic mass is 10.0. The van der Waals surface area contributed by atoms with Crippen LogP contribution in [0, 0.1) is 6.92 Å². The maximum atomic E-state index is 12.8. The average Bonchev–Trinajstić information content (AvgIpc) is 3.27. The molecule has 29 heavy (non-hydrogen) atoms. The number of likely N-dealkylation sites (tertiary alicyclic amines) is 1. The number of hydrogen-bond acceptors (Lipinski definition) is 4. The zero-order valence-electron chi connectivity index (χ0n) is 16.6. The largest absolute Gasteiger partial charge is 0.490 e. The van der Waals surface area contributed by atoms with Gasteiger partial charge in [0.25, 0.3) is 11.5 Å². The third kappa shape index (κ3) is 4.27. The van der Waals surface area contributed by atoms with E-state index in [0.717, 1.165) is 24.1 Å². The molecule has 0 spiro atoms. The van der Waals surface area contributed by atoms with E-state index in [-0.39, 0.29) is 17.6 Å². The fourth-order valence-electron chi connectivity index (χ4n) is 3.58. The van der Waals surface area contributed by atoms with E-state index in [0.29, 0.717) is 24.4 Å². The molecule has 3 heterocycles. The van der Waals surface area contributed by atoms with Gasteiger partial charge in [0.15, 0.2) is 0 Å². The zero-order valence-corrected chi connectivity index (χ0v) is 17.4. The highest BCUT2D eigenvalue weighted by atomic mass is 32.1. The molecule has 2 aromatic heterocycles. The molecule has 0 N–H and O–H groups in total. The first-order valence-electron chi connectivity index (χ1n) is 9.79. The van der Waals surface area contributed by atoms with E-state index in [2.05, 4.69) is 11.4 Å². The van der Waals surface area contributed by atoms with Crippen LogP contribution in [0.25, 0.3) is 10.4 Å². The van der Waals surface area contributed by atoms with Crippen molar-refractivity contribution in [3.05, 3.63) is 75.5 Å². The van der Waals surface area contributed by atoms with Gasteiger partial charge in [-0.3, -0.25) is 9.59 Å². The van der Waals surface area contributed by atoms with Crippen molar-refractivity contribution in [2.24, 2.45) is 7.05 Å². The van der Waals surface area contributed by atoms with E-state index < -0.39 is 0 Å². The van der Waals surface area contributed by atoms with Crippen molar-refractivity contribution in [1.82, 2.24) is 9.47 Å². The standard InChI is InChI=1S/C23H24N2O3S/c1-16-14-20(15-22(26)24(16)2)28-19-9-11-25(12-10-19)23(27)18-7-5-17(6-8-18)21-4-3-13-29-21/h3-8,13-15,19H,9-12H2,1-2H3. The van der Waals surface area contributed by atoms with Crippen molar-refractivity contribution in [3.8, 4) is 16.2 Å². The quantitative estimate of drug-likeness (QED) is 0.653. The van der Waals surface area contributed by atoms with Gasteiger partial charge in [-0.15, -0.1) is 11.3 Å². The minimum Gasteiger partial charge on any atom is -0.490 e. The molecular formula is C23H24N2O3S. The lowest BCUT2D eigenvalue weighted by Gasteiger charge is -2.32. The number of hydrogen-bond donors (Lipinski definition) is 0. The molecule has 1 fully saturated rings. The summed E-state index contributed by atoms with van der Waals surface area (Å²) in [4.78, 5) is 27.8. The summed E-state index contributed by atoms with van der Waals surface area (Å²) in [6.45, 7) is 3.19. The van der Waals surface area contributed by atoms with Crippen molar-refractivity contribution in [3.63, 3.8) is 0 Å². The molecule has 1 saturated heterocycles. The Morgan fingerprint density at radius 2 is 1.83 bits per heavy atom. The van der Waals surface area contributed by atoms with Crippen LogP contribution in [0.4, 0.5) is 0 Å². The van der Waals surface area contributed by atoms with Gasteiger partial charge >= 0.3 is 0 Å². The lowest BCUT2D eigenvalue weighted by molar-refractivity contribution is 0.0595. The molecule has 1 aliphatic heterocycles. The molecule has 150 valence electrons. The summed E-state index contributed by atoms with van der Waals surface area (Å²) in [5.41, 5.74) is 2.64. The van der Waals surface area contributed by atoms with Gasteiger partial charge in [0, 0.05) is 55.2 Å². The van der Waals surface area contributed by atoms with Gasteiger partial charge in [-0.05, 0) is 42.1 Å². The molecule has 0 radical (unpaired) electrons. The molecule has 5 nitrogen and oxygen atoms in total. The molecular weight excluding hydrogens is 384 g/mol. The van der Waals surface area contributed by atoms with Gasteiger partial charge in [-0.2, -0.15) is 0 Å². The van der Waals surface area contributed by atoms with Crippen LogP contribution >= 0.6 is 11.3 Å². The Morgan fingerprint density at radius 1 is 1.10 bits per heavy atom. The number of ether oxygens (including phenoxy) is 1. The molecule has 0 unspecified atom stereocenters. The number of pyridine rings is 1. The third-order valence-electron chi connectivity index (χ3n) is 5.45. The summed E-state index contributed by atoms with van der Waals surface area (Å²) >= 11 is 1.69. The molecule has 0 saturated carbocycles. The molecule has 1 amide bonds.